The number of anilines is 1. The third-order valence-electron chi connectivity index (χ3n) is 3.19. The molecule has 1 aromatic rings. The number of ether oxygens (including phenoxy) is 1. The van der Waals surface area contributed by atoms with E-state index in [1.165, 1.54) is 0 Å². The Labute approximate surface area is 114 Å². The van der Waals surface area contributed by atoms with Crippen molar-refractivity contribution in [2.45, 2.75) is 32.8 Å². The number of piperidine rings is 1. The Morgan fingerprint density at radius 1 is 1.37 bits per heavy atom. The van der Waals surface area contributed by atoms with E-state index in [1.807, 2.05) is 0 Å². The summed E-state index contributed by atoms with van der Waals surface area (Å²) in [6, 6.07) is 2.10. The molecule has 1 fully saturated rings. The van der Waals surface area contributed by atoms with Gasteiger partial charge in [-0.3, -0.25) is 0 Å². The van der Waals surface area contributed by atoms with Crippen LogP contribution < -0.4 is 4.90 Å². The zero-order chi connectivity index (χ0) is 13.7. The van der Waals surface area contributed by atoms with Crippen molar-refractivity contribution in [2.24, 2.45) is 5.92 Å². The number of rotatable bonds is 4. The number of nitrogens with zero attached hydrogens (tertiary/aromatic N) is 4. The van der Waals surface area contributed by atoms with Gasteiger partial charge in [0.1, 0.15) is 6.07 Å². The second kappa shape index (κ2) is 6.48. The summed E-state index contributed by atoms with van der Waals surface area (Å²) in [6.45, 7) is 6.88. The Bertz CT molecular complexity index is 447. The Hall–Kier alpha value is -1.67. The van der Waals surface area contributed by atoms with Crippen molar-refractivity contribution in [3.63, 3.8) is 0 Å². The van der Waals surface area contributed by atoms with Crippen LogP contribution in [0.25, 0.3) is 0 Å². The van der Waals surface area contributed by atoms with Crippen LogP contribution in [-0.4, -0.2) is 35.8 Å². The van der Waals surface area contributed by atoms with Gasteiger partial charge in [0.25, 0.3) is 0 Å². The molecule has 0 radical (unpaired) electrons. The maximum atomic E-state index is 9.04. The Morgan fingerprint density at radius 3 is 2.68 bits per heavy atom. The van der Waals surface area contributed by atoms with Gasteiger partial charge in [-0.15, -0.1) is 0 Å². The maximum absolute atomic E-state index is 9.04. The van der Waals surface area contributed by atoms with Crippen molar-refractivity contribution in [3.05, 3.63) is 18.1 Å². The molecular formula is C14H20N4O. The van der Waals surface area contributed by atoms with Gasteiger partial charge in [0.05, 0.1) is 6.10 Å². The van der Waals surface area contributed by atoms with Gasteiger partial charge in [-0.25, -0.2) is 9.97 Å². The number of hydrogen-bond donors (Lipinski definition) is 0. The highest BCUT2D eigenvalue weighted by Gasteiger charge is 2.22. The SMILES string of the molecule is CC(C)COC1CCN(c2nccnc2C#N)CC1. The first-order chi connectivity index (χ1) is 9.20. The lowest BCUT2D eigenvalue weighted by atomic mass is 10.1. The maximum Gasteiger partial charge on any atom is 0.183 e. The van der Waals surface area contributed by atoms with Crippen molar-refractivity contribution >= 4 is 5.82 Å². The van der Waals surface area contributed by atoms with Crippen LogP contribution in [0.5, 0.6) is 0 Å². The summed E-state index contributed by atoms with van der Waals surface area (Å²) in [5, 5.41) is 9.04. The highest BCUT2D eigenvalue weighted by molar-refractivity contribution is 5.49. The Morgan fingerprint density at radius 2 is 2.05 bits per heavy atom. The highest BCUT2D eigenvalue weighted by Crippen LogP contribution is 2.21. The monoisotopic (exact) mass is 260 g/mol. The number of aromatic nitrogens is 2. The normalized spacial score (nSPS) is 16.6. The lowest BCUT2D eigenvalue weighted by Gasteiger charge is -2.33. The molecule has 5 nitrogen and oxygen atoms in total. The van der Waals surface area contributed by atoms with Gasteiger partial charge in [0, 0.05) is 32.1 Å². The molecule has 1 aromatic heterocycles. The van der Waals surface area contributed by atoms with Crippen LogP contribution in [0.4, 0.5) is 5.82 Å². The first-order valence-electron chi connectivity index (χ1n) is 6.78. The molecule has 0 amide bonds. The van der Waals surface area contributed by atoms with Crippen LogP contribution in [-0.2, 0) is 4.74 Å². The minimum atomic E-state index is 0.334. The second-order valence-electron chi connectivity index (χ2n) is 5.25. The van der Waals surface area contributed by atoms with Crippen LogP contribution >= 0.6 is 0 Å². The first kappa shape index (κ1) is 13.8. The fraction of sp³-hybridized carbons (Fsp3) is 0.643. The molecule has 0 atom stereocenters. The molecule has 0 N–H and O–H groups in total. The largest absolute Gasteiger partial charge is 0.378 e. The molecule has 0 bridgehead atoms. The Balaban J connectivity index is 1.91. The summed E-state index contributed by atoms with van der Waals surface area (Å²) in [7, 11) is 0. The summed E-state index contributed by atoms with van der Waals surface area (Å²) in [6.07, 6.45) is 5.49. The van der Waals surface area contributed by atoms with Crippen molar-refractivity contribution in [3.8, 4) is 6.07 Å². The predicted octanol–water partition coefficient (Wildman–Crippen LogP) is 1.99. The number of nitriles is 1. The van der Waals surface area contributed by atoms with E-state index in [9.17, 15) is 0 Å². The summed E-state index contributed by atoms with van der Waals surface area (Å²) in [5.74, 6) is 1.27. The molecule has 0 aliphatic carbocycles. The van der Waals surface area contributed by atoms with Gasteiger partial charge < -0.3 is 9.64 Å². The summed E-state index contributed by atoms with van der Waals surface area (Å²) >= 11 is 0. The molecule has 0 saturated carbocycles. The predicted molar refractivity (Wildman–Crippen MR) is 72.8 cm³/mol. The molecule has 1 aliphatic heterocycles. The average molecular weight is 260 g/mol. The lowest BCUT2D eigenvalue weighted by Crippen LogP contribution is -2.38. The molecule has 0 aromatic carbocycles. The fourth-order valence-corrected chi connectivity index (χ4v) is 2.20. The van der Waals surface area contributed by atoms with Gasteiger partial charge in [0.15, 0.2) is 11.5 Å². The van der Waals surface area contributed by atoms with Crippen molar-refractivity contribution in [2.75, 3.05) is 24.6 Å². The zero-order valence-electron chi connectivity index (χ0n) is 11.5. The van der Waals surface area contributed by atoms with Crippen LogP contribution in [0, 0.1) is 17.2 Å². The number of hydrogen-bond acceptors (Lipinski definition) is 5. The van der Waals surface area contributed by atoms with Gasteiger partial charge >= 0.3 is 0 Å². The Kier molecular flexibility index (Phi) is 4.69. The molecule has 1 aliphatic rings. The van der Waals surface area contributed by atoms with Crippen LogP contribution in [0.2, 0.25) is 0 Å². The van der Waals surface area contributed by atoms with E-state index in [0.29, 0.717) is 23.5 Å². The summed E-state index contributed by atoms with van der Waals surface area (Å²) in [4.78, 5) is 10.5. The topological polar surface area (TPSA) is 62.0 Å². The van der Waals surface area contributed by atoms with E-state index in [4.69, 9.17) is 10.00 Å². The molecule has 1 saturated heterocycles. The van der Waals surface area contributed by atoms with E-state index < -0.39 is 0 Å². The van der Waals surface area contributed by atoms with Crippen LogP contribution in [0.15, 0.2) is 12.4 Å². The molecule has 5 heteroatoms. The standard InChI is InChI=1S/C14H20N4O/c1-11(2)10-19-12-3-7-18(8-4-12)14-13(9-15)16-5-6-17-14/h5-6,11-12H,3-4,7-8,10H2,1-2H3. The third-order valence-corrected chi connectivity index (χ3v) is 3.19. The van der Waals surface area contributed by atoms with Gasteiger partial charge in [0.2, 0.25) is 0 Å². The average Bonchev–Trinajstić information content (AvgIpc) is 2.45. The molecule has 2 heterocycles. The fourth-order valence-electron chi connectivity index (χ4n) is 2.20. The van der Waals surface area contributed by atoms with Gasteiger partial charge in [-0.05, 0) is 18.8 Å². The quantitative estimate of drug-likeness (QED) is 0.828. The van der Waals surface area contributed by atoms with E-state index in [1.54, 1.807) is 12.4 Å². The third kappa shape index (κ3) is 3.65. The van der Waals surface area contributed by atoms with Crippen LogP contribution in [0.1, 0.15) is 32.4 Å². The molecular weight excluding hydrogens is 240 g/mol. The van der Waals surface area contributed by atoms with Crippen LogP contribution in [0.3, 0.4) is 0 Å². The second-order valence-corrected chi connectivity index (χ2v) is 5.25. The van der Waals surface area contributed by atoms with E-state index in [0.717, 1.165) is 32.5 Å². The van der Waals surface area contributed by atoms with Gasteiger partial charge in [-0.2, -0.15) is 5.26 Å². The molecule has 2 rings (SSSR count). The minimum Gasteiger partial charge on any atom is -0.378 e. The molecule has 0 unspecified atom stereocenters. The lowest BCUT2D eigenvalue weighted by molar-refractivity contribution is 0.0214. The highest BCUT2D eigenvalue weighted by atomic mass is 16.5. The minimum absolute atomic E-state index is 0.334. The van der Waals surface area contributed by atoms with Crippen molar-refractivity contribution < 1.29 is 4.74 Å². The van der Waals surface area contributed by atoms with Crippen molar-refractivity contribution in [1.82, 2.24) is 9.97 Å². The van der Waals surface area contributed by atoms with Gasteiger partial charge in [-0.1, -0.05) is 13.8 Å². The van der Waals surface area contributed by atoms with E-state index >= 15 is 0 Å². The summed E-state index contributed by atoms with van der Waals surface area (Å²) < 4.78 is 5.86. The van der Waals surface area contributed by atoms with Crippen molar-refractivity contribution in [1.29, 1.82) is 5.26 Å². The smallest absolute Gasteiger partial charge is 0.183 e. The first-order valence-corrected chi connectivity index (χ1v) is 6.78. The molecule has 102 valence electrons. The van der Waals surface area contributed by atoms with E-state index in [-0.39, 0.29) is 0 Å². The van der Waals surface area contributed by atoms with E-state index in [2.05, 4.69) is 34.8 Å². The molecule has 19 heavy (non-hydrogen) atoms. The zero-order valence-corrected chi connectivity index (χ0v) is 11.5. The molecule has 0 spiro atoms. The summed E-state index contributed by atoms with van der Waals surface area (Å²) in [5.41, 5.74) is 0.407.